The number of phenols is 1. The zero-order valence-corrected chi connectivity index (χ0v) is 10.1. The summed E-state index contributed by atoms with van der Waals surface area (Å²) in [6, 6.07) is 8.56. The van der Waals surface area contributed by atoms with Crippen LogP contribution in [0.5, 0.6) is 5.75 Å². The van der Waals surface area contributed by atoms with Crippen LogP contribution in [0.15, 0.2) is 30.3 Å². The van der Waals surface area contributed by atoms with Crippen molar-refractivity contribution in [3.8, 4) is 5.75 Å². The molecule has 2 rings (SSSR count). The molecule has 5 nitrogen and oxygen atoms in total. The summed E-state index contributed by atoms with van der Waals surface area (Å²) in [6.45, 7) is 1.06. The molecule has 0 amide bonds. The molecule has 6 heteroatoms. The average Bonchev–Trinajstić information content (AvgIpc) is 2.26. The second-order valence-corrected chi connectivity index (χ2v) is 5.59. The summed E-state index contributed by atoms with van der Waals surface area (Å²) in [5.41, 5.74) is 0.951. The van der Waals surface area contributed by atoms with Crippen molar-refractivity contribution in [2.24, 2.45) is 0 Å². The second-order valence-electron chi connectivity index (χ2n) is 3.73. The van der Waals surface area contributed by atoms with Gasteiger partial charge in [0.1, 0.15) is 11.3 Å². The lowest BCUT2D eigenvalue weighted by Crippen LogP contribution is -1.94. The molecule has 0 saturated carbocycles. The van der Waals surface area contributed by atoms with E-state index in [1.54, 1.807) is 18.2 Å². The molecule has 17 heavy (non-hydrogen) atoms. The Labute approximate surface area is 98.2 Å². The van der Waals surface area contributed by atoms with Crippen LogP contribution >= 0.6 is 7.60 Å². The van der Waals surface area contributed by atoms with Gasteiger partial charge in [-0.25, -0.2) is 4.98 Å². The molecule has 0 fully saturated rings. The van der Waals surface area contributed by atoms with E-state index in [1.165, 1.54) is 6.07 Å². The molecule has 2 N–H and O–H groups in total. The summed E-state index contributed by atoms with van der Waals surface area (Å²) >= 11 is 0. The summed E-state index contributed by atoms with van der Waals surface area (Å²) in [5.74, 6) is 0.0769. The number of hydrogen-bond acceptors (Lipinski definition) is 4. The maximum absolute atomic E-state index is 11.0. The molecule has 0 radical (unpaired) electrons. The first-order valence-corrected chi connectivity index (χ1v) is 7.00. The SMILES string of the molecule is CP(=O)(O)OCc1ccc2cccc(O)c2n1. The van der Waals surface area contributed by atoms with E-state index in [9.17, 15) is 9.67 Å². The van der Waals surface area contributed by atoms with Gasteiger partial charge < -0.3 is 14.5 Å². The minimum Gasteiger partial charge on any atom is -0.506 e. The number of pyridine rings is 1. The molecule has 0 aliphatic heterocycles. The Morgan fingerprint density at radius 2 is 2.12 bits per heavy atom. The molecular formula is C11H12NO4P. The Morgan fingerprint density at radius 1 is 1.35 bits per heavy atom. The number of phenolic OH excluding ortho intramolecular Hbond substituents is 1. The lowest BCUT2D eigenvalue weighted by Gasteiger charge is -2.07. The maximum Gasteiger partial charge on any atom is 0.325 e. The highest BCUT2D eigenvalue weighted by atomic mass is 31.2. The van der Waals surface area contributed by atoms with Crippen molar-refractivity contribution in [3.05, 3.63) is 36.0 Å². The van der Waals surface area contributed by atoms with Crippen molar-refractivity contribution < 1.29 is 19.1 Å². The van der Waals surface area contributed by atoms with Crippen LogP contribution in [0.2, 0.25) is 0 Å². The van der Waals surface area contributed by atoms with E-state index in [-0.39, 0.29) is 12.4 Å². The van der Waals surface area contributed by atoms with Gasteiger partial charge in [-0.1, -0.05) is 18.2 Å². The van der Waals surface area contributed by atoms with Crippen LogP contribution in [0.3, 0.4) is 0 Å². The van der Waals surface area contributed by atoms with Gasteiger partial charge in [-0.15, -0.1) is 0 Å². The highest BCUT2D eigenvalue weighted by Crippen LogP contribution is 2.37. The van der Waals surface area contributed by atoms with Crippen molar-refractivity contribution in [1.82, 2.24) is 4.98 Å². The fourth-order valence-corrected chi connectivity index (χ4v) is 1.81. The van der Waals surface area contributed by atoms with Gasteiger partial charge in [0.15, 0.2) is 0 Å². The van der Waals surface area contributed by atoms with Crippen LogP contribution in [0.25, 0.3) is 10.9 Å². The van der Waals surface area contributed by atoms with E-state index in [0.29, 0.717) is 11.2 Å². The van der Waals surface area contributed by atoms with Crippen molar-refractivity contribution in [2.75, 3.05) is 6.66 Å². The second kappa shape index (κ2) is 4.45. The fourth-order valence-electron chi connectivity index (χ4n) is 1.44. The van der Waals surface area contributed by atoms with Crippen LogP contribution in [-0.4, -0.2) is 21.6 Å². The molecule has 1 unspecified atom stereocenters. The lowest BCUT2D eigenvalue weighted by molar-refractivity contribution is 0.252. The zero-order chi connectivity index (χ0) is 12.5. The number of aromatic nitrogens is 1. The van der Waals surface area contributed by atoms with Crippen molar-refractivity contribution in [2.45, 2.75) is 6.61 Å². The summed E-state index contributed by atoms with van der Waals surface area (Å²) in [7, 11) is -3.51. The molecule has 90 valence electrons. The molecule has 1 atom stereocenters. The number of benzene rings is 1. The van der Waals surface area contributed by atoms with Gasteiger partial charge in [0.05, 0.1) is 12.3 Å². The molecular weight excluding hydrogens is 241 g/mol. The smallest absolute Gasteiger partial charge is 0.325 e. The third kappa shape index (κ3) is 3.03. The van der Waals surface area contributed by atoms with Crippen LogP contribution in [0.1, 0.15) is 5.69 Å². The molecule has 0 saturated heterocycles. The first-order chi connectivity index (χ1) is 7.96. The van der Waals surface area contributed by atoms with E-state index in [0.717, 1.165) is 12.1 Å². The minimum atomic E-state index is -3.51. The predicted molar refractivity (Wildman–Crippen MR) is 63.9 cm³/mol. The topological polar surface area (TPSA) is 79.7 Å². The van der Waals surface area contributed by atoms with Gasteiger partial charge in [0.2, 0.25) is 0 Å². The van der Waals surface area contributed by atoms with Crippen molar-refractivity contribution >= 4 is 18.5 Å². The Morgan fingerprint density at radius 3 is 2.82 bits per heavy atom. The Balaban J connectivity index is 2.31. The first-order valence-electron chi connectivity index (χ1n) is 4.98. The van der Waals surface area contributed by atoms with Gasteiger partial charge in [0, 0.05) is 12.1 Å². The van der Waals surface area contributed by atoms with Crippen molar-refractivity contribution in [1.29, 1.82) is 0 Å². The summed E-state index contributed by atoms with van der Waals surface area (Å²) < 4.78 is 15.7. The molecule has 0 bridgehead atoms. The van der Waals surface area contributed by atoms with Crippen molar-refractivity contribution in [3.63, 3.8) is 0 Å². The predicted octanol–water partition coefficient (Wildman–Crippen LogP) is 2.27. The van der Waals surface area contributed by atoms with Crippen LogP contribution < -0.4 is 0 Å². The largest absolute Gasteiger partial charge is 0.506 e. The third-order valence-electron chi connectivity index (χ3n) is 2.21. The standard InChI is InChI=1S/C11H12NO4P/c1-17(14,15)16-7-9-6-5-8-3-2-4-10(13)11(8)12-9/h2-6,13H,7H2,1H3,(H,14,15). The molecule has 0 aliphatic rings. The molecule has 1 aromatic heterocycles. The molecule has 0 aliphatic carbocycles. The van der Waals surface area contributed by atoms with E-state index < -0.39 is 7.60 Å². The van der Waals surface area contributed by atoms with E-state index in [1.807, 2.05) is 6.07 Å². The molecule has 1 heterocycles. The Hall–Kier alpha value is -1.42. The van der Waals surface area contributed by atoms with Crippen LogP contribution in [0.4, 0.5) is 0 Å². The van der Waals surface area contributed by atoms with Crippen LogP contribution in [-0.2, 0) is 15.7 Å². The summed E-state index contributed by atoms with van der Waals surface area (Å²) in [6.07, 6.45) is 0. The monoisotopic (exact) mass is 253 g/mol. The average molecular weight is 253 g/mol. The molecule has 0 spiro atoms. The first kappa shape index (κ1) is 12.0. The van der Waals surface area contributed by atoms with Gasteiger partial charge in [0.25, 0.3) is 0 Å². The minimum absolute atomic E-state index is 0.0610. The zero-order valence-electron chi connectivity index (χ0n) is 9.20. The number of rotatable bonds is 3. The summed E-state index contributed by atoms with van der Waals surface area (Å²) in [5, 5.41) is 10.4. The number of hydrogen-bond donors (Lipinski definition) is 2. The highest BCUT2D eigenvalue weighted by molar-refractivity contribution is 7.51. The van der Waals surface area contributed by atoms with Crippen LogP contribution in [0, 0.1) is 0 Å². The molecule has 1 aromatic carbocycles. The fraction of sp³-hybridized carbons (Fsp3) is 0.182. The van der Waals surface area contributed by atoms with Gasteiger partial charge in [-0.05, 0) is 12.1 Å². The van der Waals surface area contributed by atoms with Gasteiger partial charge >= 0.3 is 7.60 Å². The van der Waals surface area contributed by atoms with E-state index in [4.69, 9.17) is 9.42 Å². The lowest BCUT2D eigenvalue weighted by atomic mass is 10.2. The summed E-state index contributed by atoms with van der Waals surface area (Å²) in [4.78, 5) is 13.2. The van der Waals surface area contributed by atoms with E-state index >= 15 is 0 Å². The maximum atomic E-state index is 11.0. The Bertz CT molecular complexity index is 593. The number of fused-ring (bicyclic) bond motifs is 1. The number of para-hydroxylation sites is 1. The quantitative estimate of drug-likeness (QED) is 0.820. The normalized spacial score (nSPS) is 14.7. The third-order valence-corrected chi connectivity index (χ3v) is 2.82. The van der Waals surface area contributed by atoms with Gasteiger partial charge in [-0.3, -0.25) is 4.57 Å². The number of nitrogens with zero attached hydrogens (tertiary/aromatic N) is 1. The van der Waals surface area contributed by atoms with E-state index in [2.05, 4.69) is 4.98 Å². The molecule has 2 aromatic rings. The highest BCUT2D eigenvalue weighted by Gasteiger charge is 2.11. The number of aromatic hydroxyl groups is 1. The van der Waals surface area contributed by atoms with Gasteiger partial charge in [-0.2, -0.15) is 0 Å². The Kier molecular flexibility index (Phi) is 3.15.